The highest BCUT2D eigenvalue weighted by Gasteiger charge is 2.34. The highest BCUT2D eigenvalue weighted by Crippen LogP contribution is 2.46. The van der Waals surface area contributed by atoms with Crippen LogP contribution in [-0.4, -0.2) is 44.7 Å². The number of rotatable bonds is 7. The summed E-state index contributed by atoms with van der Waals surface area (Å²) in [5.74, 6) is 0.932. The molecule has 240 valence electrons. The molecule has 9 heteroatoms. The van der Waals surface area contributed by atoms with Crippen LogP contribution in [0.4, 0.5) is 0 Å². The highest BCUT2D eigenvalue weighted by molar-refractivity contribution is 7.22. The molecule has 1 saturated heterocycles. The Morgan fingerprint density at radius 1 is 1.04 bits per heavy atom. The van der Waals surface area contributed by atoms with Crippen LogP contribution in [0.25, 0.3) is 42.8 Å². The molecule has 7 nitrogen and oxygen atoms in total. The third-order valence-electron chi connectivity index (χ3n) is 9.63. The second-order valence-electron chi connectivity index (χ2n) is 14.0. The van der Waals surface area contributed by atoms with Gasteiger partial charge in [0, 0.05) is 46.0 Å². The van der Waals surface area contributed by atoms with E-state index in [0.29, 0.717) is 16.5 Å². The lowest BCUT2D eigenvalue weighted by Crippen LogP contribution is -2.36. The molecule has 5 aromatic rings. The third kappa shape index (κ3) is 5.85. The molecule has 1 aliphatic heterocycles. The number of aryl methyl sites for hydroxylation is 2. The van der Waals surface area contributed by atoms with Crippen LogP contribution >= 0.6 is 22.9 Å². The minimum absolute atomic E-state index is 0.448. The van der Waals surface area contributed by atoms with Crippen molar-refractivity contribution in [3.8, 4) is 21.7 Å². The molecule has 0 unspecified atom stereocenters. The van der Waals surface area contributed by atoms with Crippen molar-refractivity contribution in [2.75, 3.05) is 13.2 Å². The Labute approximate surface area is 278 Å². The summed E-state index contributed by atoms with van der Waals surface area (Å²) in [4.78, 5) is 17.9. The lowest BCUT2D eigenvalue weighted by Gasteiger charge is -2.38. The lowest BCUT2D eigenvalue weighted by atomic mass is 9.74. The number of ether oxygens (including phenoxy) is 2. The standard InChI is InChI=1S/C37H40ClN3O4S/c1-20-16-28-34(31(22-10-13-26(38)14-11-22)30(20)33(36(42)43)45-37(2,3)4)46-35(39-28)24-12-15-29-27(17-24)32(40-41(29)5)23-8-6-21(7-9-23)25-18-44-19-25/h10-17,21,23,25,33H,6-9,18-19H2,1-5H3,(H,42,43)/t21?,23?,33-/m0/s1. The van der Waals surface area contributed by atoms with Crippen molar-refractivity contribution in [2.45, 2.75) is 71.0 Å². The molecule has 0 bridgehead atoms. The molecule has 1 N–H and O–H groups in total. The highest BCUT2D eigenvalue weighted by atomic mass is 35.5. The third-order valence-corrected chi connectivity index (χ3v) is 11.0. The van der Waals surface area contributed by atoms with Gasteiger partial charge < -0.3 is 14.6 Å². The first kappa shape index (κ1) is 31.3. The summed E-state index contributed by atoms with van der Waals surface area (Å²) < 4.78 is 14.6. The molecule has 7 rings (SSSR count). The van der Waals surface area contributed by atoms with Crippen LogP contribution in [0.5, 0.6) is 0 Å². The van der Waals surface area contributed by atoms with Crippen LogP contribution < -0.4 is 0 Å². The number of nitrogens with zero attached hydrogens (tertiary/aromatic N) is 3. The molecule has 0 radical (unpaired) electrons. The Balaban J connectivity index is 1.33. The number of carboxylic acids is 1. The Hall–Kier alpha value is -3.30. The van der Waals surface area contributed by atoms with E-state index in [0.717, 1.165) is 80.9 Å². The van der Waals surface area contributed by atoms with Gasteiger partial charge in [-0.3, -0.25) is 4.68 Å². The van der Waals surface area contributed by atoms with Crippen molar-refractivity contribution in [3.05, 3.63) is 70.4 Å². The number of benzene rings is 3. The summed E-state index contributed by atoms with van der Waals surface area (Å²) in [6.45, 7) is 9.42. The number of halogens is 1. The van der Waals surface area contributed by atoms with Gasteiger partial charge in [-0.2, -0.15) is 5.10 Å². The van der Waals surface area contributed by atoms with Crippen molar-refractivity contribution in [1.82, 2.24) is 14.8 Å². The topological polar surface area (TPSA) is 86.5 Å². The zero-order chi connectivity index (χ0) is 32.3. The number of fused-ring (bicyclic) bond motifs is 2. The predicted molar refractivity (Wildman–Crippen MR) is 185 cm³/mol. The SMILES string of the molecule is Cc1cc2nc(-c3ccc4c(c3)c(C3CCC(C5COC5)CC3)nn4C)sc2c(-c2ccc(Cl)cc2)c1[C@H](OC(C)(C)C)C(=O)O. The van der Waals surface area contributed by atoms with Gasteiger partial charge in [-0.25, -0.2) is 9.78 Å². The van der Waals surface area contributed by atoms with Gasteiger partial charge in [0.1, 0.15) is 5.01 Å². The van der Waals surface area contributed by atoms with Crippen LogP contribution in [0.15, 0.2) is 48.5 Å². The van der Waals surface area contributed by atoms with Crippen molar-refractivity contribution < 1.29 is 19.4 Å². The van der Waals surface area contributed by atoms with E-state index in [9.17, 15) is 9.90 Å². The fourth-order valence-electron chi connectivity index (χ4n) is 7.28. The molecule has 3 heterocycles. The molecule has 3 aromatic carbocycles. The van der Waals surface area contributed by atoms with Crippen LogP contribution in [0.2, 0.25) is 5.02 Å². The molecule has 1 aliphatic carbocycles. The smallest absolute Gasteiger partial charge is 0.337 e. The van der Waals surface area contributed by atoms with E-state index in [-0.39, 0.29) is 0 Å². The van der Waals surface area contributed by atoms with Crippen molar-refractivity contribution >= 4 is 50.0 Å². The average Bonchev–Trinajstić information content (AvgIpc) is 3.55. The van der Waals surface area contributed by atoms with Gasteiger partial charge in [0.25, 0.3) is 0 Å². The van der Waals surface area contributed by atoms with E-state index in [2.05, 4.69) is 18.2 Å². The first-order chi connectivity index (χ1) is 22.0. The zero-order valence-corrected chi connectivity index (χ0v) is 28.5. The molecule has 2 aromatic heterocycles. The maximum absolute atomic E-state index is 12.7. The fraction of sp³-hybridized carbons (Fsp3) is 0.432. The Bertz CT molecular complexity index is 1930. The number of carboxylic acid groups (broad SMARTS) is 1. The first-order valence-electron chi connectivity index (χ1n) is 16.1. The van der Waals surface area contributed by atoms with E-state index >= 15 is 0 Å². The molecule has 1 saturated carbocycles. The van der Waals surface area contributed by atoms with Crippen LogP contribution in [0, 0.1) is 18.8 Å². The lowest BCUT2D eigenvalue weighted by molar-refractivity contribution is -0.160. The second kappa shape index (κ2) is 12.1. The van der Waals surface area contributed by atoms with Gasteiger partial charge in [-0.15, -0.1) is 11.3 Å². The van der Waals surface area contributed by atoms with Crippen LogP contribution in [-0.2, 0) is 21.3 Å². The molecule has 2 fully saturated rings. The Morgan fingerprint density at radius 3 is 2.37 bits per heavy atom. The summed E-state index contributed by atoms with van der Waals surface area (Å²) in [6, 6.07) is 16.1. The summed E-state index contributed by atoms with van der Waals surface area (Å²) in [7, 11) is 2.03. The number of aromatic nitrogens is 3. The zero-order valence-electron chi connectivity index (χ0n) is 27.0. The molecular weight excluding hydrogens is 618 g/mol. The second-order valence-corrected chi connectivity index (χ2v) is 15.4. The van der Waals surface area contributed by atoms with Gasteiger partial charge >= 0.3 is 5.97 Å². The van der Waals surface area contributed by atoms with E-state index in [1.54, 1.807) is 11.3 Å². The summed E-state index contributed by atoms with van der Waals surface area (Å²) in [5.41, 5.74) is 6.67. The Morgan fingerprint density at radius 2 is 1.74 bits per heavy atom. The fourth-order valence-corrected chi connectivity index (χ4v) is 8.53. The minimum Gasteiger partial charge on any atom is -0.479 e. The van der Waals surface area contributed by atoms with Gasteiger partial charge in [-0.05, 0) is 107 Å². The molecule has 0 spiro atoms. The summed E-state index contributed by atoms with van der Waals surface area (Å²) >= 11 is 7.86. The van der Waals surface area contributed by atoms with E-state index in [1.807, 2.05) is 69.8 Å². The molecular formula is C37H40ClN3O4S. The summed E-state index contributed by atoms with van der Waals surface area (Å²) in [6.07, 6.45) is 3.64. The van der Waals surface area contributed by atoms with Gasteiger partial charge in [0.15, 0.2) is 6.10 Å². The number of hydrogen-bond acceptors (Lipinski definition) is 6. The van der Waals surface area contributed by atoms with E-state index in [4.69, 9.17) is 31.2 Å². The largest absolute Gasteiger partial charge is 0.479 e. The van der Waals surface area contributed by atoms with Crippen LogP contribution in [0.3, 0.4) is 0 Å². The number of carbonyl (C=O) groups is 1. The number of hydrogen-bond donors (Lipinski definition) is 1. The van der Waals surface area contributed by atoms with Gasteiger partial charge in [0.2, 0.25) is 0 Å². The van der Waals surface area contributed by atoms with E-state index in [1.165, 1.54) is 23.9 Å². The predicted octanol–water partition coefficient (Wildman–Crippen LogP) is 9.34. The maximum Gasteiger partial charge on any atom is 0.337 e. The minimum atomic E-state index is -1.15. The maximum atomic E-state index is 12.7. The molecule has 46 heavy (non-hydrogen) atoms. The quantitative estimate of drug-likeness (QED) is 0.188. The monoisotopic (exact) mass is 657 g/mol. The molecule has 2 aliphatic rings. The van der Waals surface area contributed by atoms with Crippen molar-refractivity contribution in [1.29, 1.82) is 0 Å². The molecule has 1 atom stereocenters. The van der Waals surface area contributed by atoms with Gasteiger partial charge in [0.05, 0.1) is 40.2 Å². The number of aliphatic carboxylic acids is 1. The number of thiazole rings is 1. The van der Waals surface area contributed by atoms with Crippen LogP contribution in [0.1, 0.15) is 75.3 Å². The van der Waals surface area contributed by atoms with E-state index < -0.39 is 17.7 Å². The van der Waals surface area contributed by atoms with Gasteiger partial charge in [-0.1, -0.05) is 23.7 Å². The molecule has 0 amide bonds. The summed E-state index contributed by atoms with van der Waals surface area (Å²) in [5, 5.41) is 18.1. The van der Waals surface area contributed by atoms with Crippen molar-refractivity contribution in [3.63, 3.8) is 0 Å². The Kier molecular flexibility index (Phi) is 8.20. The average molecular weight is 658 g/mol. The van der Waals surface area contributed by atoms with Crippen molar-refractivity contribution in [2.24, 2.45) is 18.9 Å². The normalized spacial score (nSPS) is 19.9. The first-order valence-corrected chi connectivity index (χ1v) is 17.3.